The van der Waals surface area contributed by atoms with Gasteiger partial charge in [-0.1, -0.05) is 6.92 Å². The Labute approximate surface area is 114 Å². The van der Waals surface area contributed by atoms with E-state index in [0.717, 1.165) is 12.7 Å². The van der Waals surface area contributed by atoms with Crippen molar-refractivity contribution in [2.24, 2.45) is 0 Å². The van der Waals surface area contributed by atoms with E-state index >= 15 is 0 Å². The number of rotatable bonds is 4. The Hall–Kier alpha value is -1.69. The molecule has 0 saturated carbocycles. The topological polar surface area (TPSA) is 61.1 Å². The van der Waals surface area contributed by atoms with Gasteiger partial charge in [0.25, 0.3) is 5.56 Å². The number of hydrogen-bond donors (Lipinski definition) is 0. The lowest BCUT2D eigenvalue weighted by molar-refractivity contribution is 0.112. The van der Waals surface area contributed by atoms with Crippen LogP contribution < -0.4 is 11.2 Å². The normalized spacial score (nSPS) is 11.1. The summed E-state index contributed by atoms with van der Waals surface area (Å²) in [4.78, 5) is 36.8. The molecule has 5 nitrogen and oxygen atoms in total. The van der Waals surface area contributed by atoms with Gasteiger partial charge in [-0.3, -0.25) is 18.7 Å². The Morgan fingerprint density at radius 1 is 1.21 bits per heavy atom. The third kappa shape index (κ3) is 1.96. The van der Waals surface area contributed by atoms with Gasteiger partial charge in [0.2, 0.25) is 0 Å². The predicted molar refractivity (Wildman–Crippen MR) is 76.4 cm³/mol. The maximum absolute atomic E-state index is 12.3. The summed E-state index contributed by atoms with van der Waals surface area (Å²) in [5.41, 5.74) is 0.0873. The molecule has 2 aromatic rings. The summed E-state index contributed by atoms with van der Waals surface area (Å²) >= 11 is 1.22. The number of carbonyl (C=O) groups excluding carboxylic acids is 1. The van der Waals surface area contributed by atoms with Crippen molar-refractivity contribution in [2.45, 2.75) is 40.3 Å². The van der Waals surface area contributed by atoms with Crippen LogP contribution in [0.3, 0.4) is 0 Å². The number of fused-ring (bicyclic) bond motifs is 1. The lowest BCUT2D eigenvalue weighted by Gasteiger charge is -2.09. The molecule has 0 aliphatic rings. The lowest BCUT2D eigenvalue weighted by atomic mass is 10.2. The monoisotopic (exact) mass is 280 g/mol. The van der Waals surface area contributed by atoms with E-state index in [-0.39, 0.29) is 11.2 Å². The minimum atomic E-state index is -0.295. The summed E-state index contributed by atoms with van der Waals surface area (Å²) in [6.07, 6.45) is 1.54. The molecule has 2 rings (SSSR count). The second-order valence-corrected chi connectivity index (χ2v) is 5.40. The van der Waals surface area contributed by atoms with Crippen LogP contribution in [-0.2, 0) is 13.1 Å². The van der Waals surface area contributed by atoms with Crippen LogP contribution in [0.1, 0.15) is 35.5 Å². The molecule has 0 spiro atoms. The van der Waals surface area contributed by atoms with Crippen molar-refractivity contribution in [1.82, 2.24) is 9.13 Å². The van der Waals surface area contributed by atoms with Crippen LogP contribution in [0.4, 0.5) is 0 Å². The fourth-order valence-electron chi connectivity index (χ4n) is 2.22. The van der Waals surface area contributed by atoms with Gasteiger partial charge in [-0.2, -0.15) is 0 Å². The van der Waals surface area contributed by atoms with Crippen molar-refractivity contribution in [3.8, 4) is 0 Å². The fraction of sp³-hybridized carbons (Fsp3) is 0.462. The van der Waals surface area contributed by atoms with Crippen LogP contribution >= 0.6 is 11.3 Å². The van der Waals surface area contributed by atoms with Crippen LogP contribution in [0.2, 0.25) is 0 Å². The summed E-state index contributed by atoms with van der Waals surface area (Å²) in [5.74, 6) is 0. The highest BCUT2D eigenvalue weighted by molar-refractivity contribution is 7.20. The number of carbonyl (C=O) groups is 1. The molecule has 2 aromatic heterocycles. The van der Waals surface area contributed by atoms with Crippen molar-refractivity contribution >= 4 is 27.8 Å². The third-order valence-corrected chi connectivity index (χ3v) is 4.44. The highest BCUT2D eigenvalue weighted by Crippen LogP contribution is 2.26. The molecule has 0 aliphatic carbocycles. The van der Waals surface area contributed by atoms with Crippen molar-refractivity contribution in [2.75, 3.05) is 0 Å². The van der Waals surface area contributed by atoms with E-state index in [9.17, 15) is 14.4 Å². The molecule has 0 atom stereocenters. The van der Waals surface area contributed by atoms with Gasteiger partial charge in [0.05, 0.1) is 10.3 Å². The standard InChI is InChI=1S/C13H16N2O3S/c1-4-6-15-12-10(8(3)9(7-16)19-12)11(17)14(5-2)13(15)18/h7H,4-6H2,1-3H3. The summed E-state index contributed by atoms with van der Waals surface area (Å²) in [6, 6.07) is 0. The molecular weight excluding hydrogens is 264 g/mol. The second kappa shape index (κ2) is 5.13. The molecule has 0 N–H and O–H groups in total. The summed E-state index contributed by atoms with van der Waals surface area (Å²) in [6.45, 7) is 6.38. The number of thiophene rings is 1. The van der Waals surface area contributed by atoms with Gasteiger partial charge in [0.1, 0.15) is 4.83 Å². The summed E-state index contributed by atoms with van der Waals surface area (Å²) < 4.78 is 2.83. The molecule has 19 heavy (non-hydrogen) atoms. The van der Waals surface area contributed by atoms with Gasteiger partial charge >= 0.3 is 5.69 Å². The zero-order chi connectivity index (χ0) is 14.2. The van der Waals surface area contributed by atoms with Gasteiger partial charge in [-0.15, -0.1) is 11.3 Å². The minimum Gasteiger partial charge on any atom is -0.297 e. The molecule has 0 aromatic carbocycles. The molecule has 0 bridgehead atoms. The molecule has 2 heterocycles. The highest BCUT2D eigenvalue weighted by atomic mass is 32.1. The van der Waals surface area contributed by atoms with Crippen LogP contribution in [0, 0.1) is 6.92 Å². The average molecular weight is 280 g/mol. The molecule has 0 radical (unpaired) electrons. The first-order valence-electron chi connectivity index (χ1n) is 6.28. The Morgan fingerprint density at radius 3 is 2.42 bits per heavy atom. The van der Waals surface area contributed by atoms with Gasteiger partial charge in [-0.25, -0.2) is 4.79 Å². The van der Waals surface area contributed by atoms with Gasteiger partial charge < -0.3 is 0 Å². The third-order valence-electron chi connectivity index (χ3n) is 3.20. The first kappa shape index (κ1) is 13.7. The van der Waals surface area contributed by atoms with Crippen molar-refractivity contribution < 1.29 is 4.79 Å². The molecule has 102 valence electrons. The summed E-state index contributed by atoms with van der Waals surface area (Å²) in [7, 11) is 0. The number of nitrogens with zero attached hydrogens (tertiary/aromatic N) is 2. The molecule has 0 amide bonds. The lowest BCUT2D eigenvalue weighted by Crippen LogP contribution is -2.39. The maximum atomic E-state index is 12.3. The number of aromatic nitrogens is 2. The molecule has 0 saturated heterocycles. The molecule has 0 fully saturated rings. The Morgan fingerprint density at radius 2 is 1.89 bits per heavy atom. The van der Waals surface area contributed by atoms with Crippen LogP contribution in [0.15, 0.2) is 9.59 Å². The number of hydrogen-bond acceptors (Lipinski definition) is 4. The van der Waals surface area contributed by atoms with Gasteiger partial charge in [0, 0.05) is 13.1 Å². The minimum absolute atomic E-state index is 0.291. The second-order valence-electron chi connectivity index (χ2n) is 4.37. The average Bonchev–Trinajstić information content (AvgIpc) is 2.72. The highest BCUT2D eigenvalue weighted by Gasteiger charge is 2.18. The van der Waals surface area contributed by atoms with E-state index in [2.05, 4.69) is 0 Å². The Bertz CT molecular complexity index is 752. The Balaban J connectivity index is 3.04. The first-order valence-corrected chi connectivity index (χ1v) is 7.10. The fourth-order valence-corrected chi connectivity index (χ4v) is 3.36. The Kier molecular flexibility index (Phi) is 3.71. The summed E-state index contributed by atoms with van der Waals surface area (Å²) in [5, 5.41) is 0.502. The van der Waals surface area contributed by atoms with E-state index in [1.165, 1.54) is 15.9 Å². The van der Waals surface area contributed by atoms with Crippen LogP contribution in [0.5, 0.6) is 0 Å². The number of aryl methyl sites for hydroxylation is 2. The number of aldehydes is 1. The van der Waals surface area contributed by atoms with E-state index in [0.29, 0.717) is 33.7 Å². The molecule has 6 heteroatoms. The van der Waals surface area contributed by atoms with E-state index in [1.54, 1.807) is 18.4 Å². The van der Waals surface area contributed by atoms with Crippen LogP contribution in [0.25, 0.3) is 10.2 Å². The maximum Gasteiger partial charge on any atom is 0.332 e. The molecule has 0 aliphatic heterocycles. The van der Waals surface area contributed by atoms with Crippen molar-refractivity contribution in [3.63, 3.8) is 0 Å². The predicted octanol–water partition coefficient (Wildman–Crippen LogP) is 1.78. The largest absolute Gasteiger partial charge is 0.332 e. The quantitative estimate of drug-likeness (QED) is 0.802. The zero-order valence-electron chi connectivity index (χ0n) is 11.2. The molecule has 0 unspecified atom stereocenters. The van der Waals surface area contributed by atoms with Crippen molar-refractivity contribution in [1.29, 1.82) is 0 Å². The van der Waals surface area contributed by atoms with E-state index in [4.69, 9.17) is 0 Å². The van der Waals surface area contributed by atoms with Crippen LogP contribution in [-0.4, -0.2) is 15.4 Å². The van der Waals surface area contributed by atoms with Gasteiger partial charge in [0.15, 0.2) is 6.29 Å². The van der Waals surface area contributed by atoms with E-state index < -0.39 is 0 Å². The first-order chi connectivity index (χ1) is 9.06. The zero-order valence-corrected chi connectivity index (χ0v) is 12.0. The van der Waals surface area contributed by atoms with E-state index in [1.807, 2.05) is 6.92 Å². The SMILES string of the molecule is CCCn1c(=O)n(CC)c(=O)c2c(C)c(C=O)sc21. The van der Waals surface area contributed by atoms with Crippen molar-refractivity contribution in [3.05, 3.63) is 31.3 Å². The molecular formula is C13H16N2O3S. The smallest absolute Gasteiger partial charge is 0.297 e. The van der Waals surface area contributed by atoms with Gasteiger partial charge in [-0.05, 0) is 25.8 Å².